The Morgan fingerprint density at radius 2 is 2.14 bits per heavy atom. The van der Waals surface area contributed by atoms with Crippen LogP contribution in [0.1, 0.15) is 12.5 Å². The van der Waals surface area contributed by atoms with E-state index in [4.69, 9.17) is 17.0 Å². The van der Waals surface area contributed by atoms with Crippen LogP contribution in [0.25, 0.3) is 0 Å². The van der Waals surface area contributed by atoms with Crippen molar-refractivity contribution in [2.45, 2.75) is 19.6 Å². The third-order valence-electron chi connectivity index (χ3n) is 2.64. The normalized spacial score (nSPS) is 11.7. The van der Waals surface area contributed by atoms with Gasteiger partial charge in [0.25, 0.3) is 5.56 Å². The van der Waals surface area contributed by atoms with Crippen molar-refractivity contribution in [2.75, 3.05) is 5.32 Å². The molecule has 3 N–H and O–H groups in total. The quantitative estimate of drug-likeness (QED) is 0.570. The first-order chi connectivity index (χ1) is 10.1. The SMILES string of the molecule is C[C@H](Nc1n[nH]c(=S)[nH]c1=O)C(=O)OCc1ccccc1. The number of rotatable bonds is 5. The standard InChI is InChI=1S/C13H14N4O3S/c1-8(14-10-11(18)15-13(21)17-16-10)12(19)20-7-9-5-3-2-4-6-9/h2-6,8H,7H2,1H3,(H,14,16)(H2,15,17,18,21)/t8-/m0/s1. The van der Waals surface area contributed by atoms with Crippen LogP contribution in [0.2, 0.25) is 0 Å². The lowest BCUT2D eigenvalue weighted by Crippen LogP contribution is -2.31. The largest absolute Gasteiger partial charge is 0.459 e. The monoisotopic (exact) mass is 306 g/mol. The Hall–Kier alpha value is -2.48. The zero-order chi connectivity index (χ0) is 15.2. The van der Waals surface area contributed by atoms with E-state index in [-0.39, 0.29) is 17.2 Å². The van der Waals surface area contributed by atoms with Gasteiger partial charge < -0.3 is 10.1 Å². The molecule has 0 saturated carbocycles. The Kier molecular flexibility index (Phi) is 4.83. The van der Waals surface area contributed by atoms with Gasteiger partial charge in [-0.1, -0.05) is 30.3 Å². The first kappa shape index (κ1) is 14.9. The lowest BCUT2D eigenvalue weighted by Gasteiger charge is -2.13. The molecule has 1 atom stereocenters. The van der Waals surface area contributed by atoms with Crippen molar-refractivity contribution in [2.24, 2.45) is 0 Å². The molecule has 1 aromatic heterocycles. The van der Waals surface area contributed by atoms with Crippen LogP contribution in [0, 0.1) is 4.77 Å². The second kappa shape index (κ2) is 6.80. The fraction of sp³-hybridized carbons (Fsp3) is 0.231. The molecule has 0 fully saturated rings. The minimum Gasteiger partial charge on any atom is -0.459 e. The first-order valence-corrected chi connectivity index (χ1v) is 6.63. The summed E-state index contributed by atoms with van der Waals surface area (Å²) < 4.78 is 5.27. The number of benzene rings is 1. The van der Waals surface area contributed by atoms with Gasteiger partial charge in [-0.3, -0.25) is 14.9 Å². The Morgan fingerprint density at radius 3 is 2.81 bits per heavy atom. The van der Waals surface area contributed by atoms with Gasteiger partial charge in [0.2, 0.25) is 5.82 Å². The van der Waals surface area contributed by atoms with Gasteiger partial charge in [-0.05, 0) is 24.7 Å². The predicted molar refractivity (Wildman–Crippen MR) is 79.4 cm³/mol. The number of esters is 1. The van der Waals surface area contributed by atoms with E-state index in [1.807, 2.05) is 30.3 Å². The number of nitrogens with zero attached hydrogens (tertiary/aromatic N) is 1. The number of carbonyl (C=O) groups is 1. The molecule has 0 aliphatic carbocycles. The molecule has 21 heavy (non-hydrogen) atoms. The number of carbonyl (C=O) groups excluding carboxylic acids is 1. The van der Waals surface area contributed by atoms with Gasteiger partial charge in [-0.15, -0.1) is 5.10 Å². The minimum atomic E-state index is -0.716. The Balaban J connectivity index is 1.93. The van der Waals surface area contributed by atoms with E-state index in [2.05, 4.69) is 20.5 Å². The molecule has 0 aliphatic rings. The summed E-state index contributed by atoms with van der Waals surface area (Å²) in [4.78, 5) is 25.8. The number of hydrogen-bond donors (Lipinski definition) is 3. The van der Waals surface area contributed by atoms with E-state index in [9.17, 15) is 9.59 Å². The Labute approximate surface area is 125 Å². The van der Waals surface area contributed by atoms with Crippen LogP contribution in [0.15, 0.2) is 35.1 Å². The zero-order valence-electron chi connectivity index (χ0n) is 11.3. The summed E-state index contributed by atoms with van der Waals surface area (Å²) in [5.41, 5.74) is 0.388. The molecule has 7 nitrogen and oxygen atoms in total. The molecule has 0 aliphatic heterocycles. The van der Waals surface area contributed by atoms with Gasteiger partial charge in [0, 0.05) is 0 Å². The van der Waals surface area contributed by atoms with Crippen molar-refractivity contribution in [3.8, 4) is 0 Å². The minimum absolute atomic E-state index is 0.0206. The second-order valence-corrected chi connectivity index (χ2v) is 4.72. The lowest BCUT2D eigenvalue weighted by molar-refractivity contribution is -0.145. The molecule has 1 heterocycles. The van der Waals surface area contributed by atoms with E-state index in [0.29, 0.717) is 0 Å². The van der Waals surface area contributed by atoms with Crippen molar-refractivity contribution >= 4 is 24.0 Å². The Bertz CT molecular complexity index is 726. The van der Waals surface area contributed by atoms with Crippen LogP contribution < -0.4 is 10.9 Å². The highest BCUT2D eigenvalue weighted by Crippen LogP contribution is 2.03. The molecule has 2 aromatic rings. The number of nitrogens with one attached hydrogen (secondary N) is 3. The van der Waals surface area contributed by atoms with Gasteiger partial charge in [-0.25, -0.2) is 4.79 Å². The maximum absolute atomic E-state index is 11.8. The number of ether oxygens (including phenoxy) is 1. The highest BCUT2D eigenvalue weighted by Gasteiger charge is 2.16. The third kappa shape index (κ3) is 4.25. The highest BCUT2D eigenvalue weighted by molar-refractivity contribution is 7.71. The number of anilines is 1. The molecule has 0 unspecified atom stereocenters. The maximum atomic E-state index is 11.8. The molecule has 0 spiro atoms. The van der Waals surface area contributed by atoms with Gasteiger partial charge in [-0.2, -0.15) is 0 Å². The number of hydrogen-bond acceptors (Lipinski definition) is 6. The topological polar surface area (TPSA) is 99.9 Å². The molecule has 8 heteroatoms. The van der Waals surface area contributed by atoms with Crippen molar-refractivity contribution in [1.82, 2.24) is 15.2 Å². The van der Waals surface area contributed by atoms with E-state index in [0.717, 1.165) is 5.56 Å². The average molecular weight is 306 g/mol. The fourth-order valence-electron chi connectivity index (χ4n) is 1.56. The third-order valence-corrected chi connectivity index (χ3v) is 2.84. The van der Waals surface area contributed by atoms with Gasteiger partial charge in [0.15, 0.2) is 4.77 Å². The average Bonchev–Trinajstić information content (AvgIpc) is 2.48. The molecule has 0 bridgehead atoms. The highest BCUT2D eigenvalue weighted by atomic mass is 32.1. The number of aromatic nitrogens is 3. The summed E-state index contributed by atoms with van der Waals surface area (Å²) in [6.45, 7) is 1.75. The summed E-state index contributed by atoms with van der Waals surface area (Å²) in [5, 5.41) is 8.83. The fourth-order valence-corrected chi connectivity index (χ4v) is 1.70. The van der Waals surface area contributed by atoms with Crippen LogP contribution in [-0.4, -0.2) is 27.2 Å². The van der Waals surface area contributed by atoms with Crippen LogP contribution in [0.4, 0.5) is 5.82 Å². The Morgan fingerprint density at radius 1 is 1.43 bits per heavy atom. The summed E-state index contributed by atoms with van der Waals surface area (Å²) in [5.74, 6) is -0.504. The van der Waals surface area contributed by atoms with E-state index >= 15 is 0 Å². The molecular weight excluding hydrogens is 292 g/mol. The molecule has 2 rings (SSSR count). The molecular formula is C13H14N4O3S. The summed E-state index contributed by atoms with van der Waals surface area (Å²) in [7, 11) is 0. The number of H-pyrrole nitrogens is 2. The predicted octanol–water partition coefficient (Wildman–Crippen LogP) is 1.37. The molecule has 0 amide bonds. The van der Waals surface area contributed by atoms with Gasteiger partial charge >= 0.3 is 5.97 Å². The van der Waals surface area contributed by atoms with E-state index in [1.54, 1.807) is 6.92 Å². The van der Waals surface area contributed by atoms with Gasteiger partial charge in [0.05, 0.1) is 0 Å². The molecule has 110 valence electrons. The van der Waals surface area contributed by atoms with Crippen LogP contribution in [0.3, 0.4) is 0 Å². The van der Waals surface area contributed by atoms with Crippen molar-refractivity contribution in [3.63, 3.8) is 0 Å². The number of aromatic amines is 2. The van der Waals surface area contributed by atoms with Crippen LogP contribution >= 0.6 is 12.2 Å². The van der Waals surface area contributed by atoms with Crippen LogP contribution in [-0.2, 0) is 16.1 Å². The molecule has 0 saturated heterocycles. The molecule has 1 aromatic carbocycles. The lowest BCUT2D eigenvalue weighted by atomic mass is 10.2. The zero-order valence-corrected chi connectivity index (χ0v) is 12.1. The van der Waals surface area contributed by atoms with Crippen molar-refractivity contribution < 1.29 is 9.53 Å². The first-order valence-electron chi connectivity index (χ1n) is 6.22. The van der Waals surface area contributed by atoms with Crippen molar-refractivity contribution in [1.29, 1.82) is 0 Å². The summed E-state index contributed by atoms with van der Waals surface area (Å²) in [6, 6.07) is 8.60. The summed E-state index contributed by atoms with van der Waals surface area (Å²) >= 11 is 4.73. The smallest absolute Gasteiger partial charge is 0.328 e. The molecule has 0 radical (unpaired) electrons. The maximum Gasteiger partial charge on any atom is 0.328 e. The summed E-state index contributed by atoms with van der Waals surface area (Å²) in [6.07, 6.45) is 0. The van der Waals surface area contributed by atoms with E-state index in [1.165, 1.54) is 0 Å². The van der Waals surface area contributed by atoms with Crippen molar-refractivity contribution in [3.05, 3.63) is 51.0 Å². The van der Waals surface area contributed by atoms with Crippen LogP contribution in [0.5, 0.6) is 0 Å². The second-order valence-electron chi connectivity index (χ2n) is 4.31. The van der Waals surface area contributed by atoms with Gasteiger partial charge in [0.1, 0.15) is 12.6 Å². The van der Waals surface area contributed by atoms with E-state index < -0.39 is 17.6 Å².